The van der Waals surface area contributed by atoms with Crippen LogP contribution in [0.3, 0.4) is 0 Å². The third-order valence-electron chi connectivity index (χ3n) is 3.74. The van der Waals surface area contributed by atoms with Crippen molar-refractivity contribution < 1.29 is 32.7 Å². The molecule has 0 bridgehead atoms. The number of nitro groups is 1. The van der Waals surface area contributed by atoms with Crippen molar-refractivity contribution in [3.63, 3.8) is 0 Å². The predicted octanol–water partition coefficient (Wildman–Crippen LogP) is 3.50. The number of benzene rings is 2. The Morgan fingerprint density at radius 2 is 2.04 bits per heavy atom. The number of hydrogen-bond acceptors (Lipinski definition) is 6. The van der Waals surface area contributed by atoms with Crippen molar-refractivity contribution >= 4 is 17.7 Å². The minimum atomic E-state index is -0.870. The molecule has 27 heavy (non-hydrogen) atoms. The van der Waals surface area contributed by atoms with Gasteiger partial charge in [-0.2, -0.15) is 0 Å². The second kappa shape index (κ2) is 7.92. The van der Waals surface area contributed by atoms with Gasteiger partial charge in [-0.1, -0.05) is 6.07 Å². The van der Waals surface area contributed by atoms with Crippen LogP contribution < -0.4 is 4.74 Å². The maximum absolute atomic E-state index is 13.5. The Bertz CT molecular complexity index is 908. The summed E-state index contributed by atoms with van der Waals surface area (Å²) < 4.78 is 42.5. The highest BCUT2D eigenvalue weighted by Crippen LogP contribution is 2.33. The van der Waals surface area contributed by atoms with Crippen LogP contribution >= 0.6 is 0 Å². The van der Waals surface area contributed by atoms with Gasteiger partial charge in [0.2, 0.25) is 0 Å². The molecule has 1 heterocycles. The number of hydrogen-bond donors (Lipinski definition) is 0. The van der Waals surface area contributed by atoms with E-state index in [1.54, 1.807) is 0 Å². The number of carbonyl (C=O) groups excluding carboxylic acids is 1. The van der Waals surface area contributed by atoms with Gasteiger partial charge >= 0.3 is 5.97 Å². The Hall–Kier alpha value is -3.33. The van der Waals surface area contributed by atoms with Crippen molar-refractivity contribution in [3.05, 3.63) is 74.8 Å². The molecule has 0 atom stereocenters. The molecule has 0 N–H and O–H groups in total. The number of esters is 1. The Balaban J connectivity index is 1.74. The van der Waals surface area contributed by atoms with Gasteiger partial charge in [0.05, 0.1) is 11.5 Å². The van der Waals surface area contributed by atoms with Gasteiger partial charge in [0, 0.05) is 34.9 Å². The maximum Gasteiger partial charge on any atom is 0.331 e. The molecular weight excluding hydrogens is 364 g/mol. The molecular formula is C18H13F2NO6. The first-order chi connectivity index (χ1) is 13.0. The molecule has 1 aliphatic rings. The Kier molecular flexibility index (Phi) is 5.41. The summed E-state index contributed by atoms with van der Waals surface area (Å²) >= 11 is 0. The van der Waals surface area contributed by atoms with Gasteiger partial charge in [0.1, 0.15) is 24.0 Å². The number of rotatable bonds is 5. The predicted molar refractivity (Wildman–Crippen MR) is 88.6 cm³/mol. The SMILES string of the molecule is O=C(C=Cc1c(F)cccc1F)OCc1cc([N+](=O)[O-])cc2c1OCOC2. The molecule has 3 rings (SSSR count). The summed E-state index contributed by atoms with van der Waals surface area (Å²) in [4.78, 5) is 22.3. The fraction of sp³-hybridized carbons (Fsp3) is 0.167. The third-order valence-corrected chi connectivity index (χ3v) is 3.74. The second-order valence-corrected chi connectivity index (χ2v) is 5.54. The summed E-state index contributed by atoms with van der Waals surface area (Å²) in [6, 6.07) is 5.87. The minimum absolute atomic E-state index is 0.0295. The average molecular weight is 377 g/mol. The fourth-order valence-corrected chi connectivity index (χ4v) is 2.51. The van der Waals surface area contributed by atoms with Crippen LogP contribution in [0.2, 0.25) is 0 Å². The van der Waals surface area contributed by atoms with E-state index >= 15 is 0 Å². The zero-order chi connectivity index (χ0) is 19.4. The number of nitrogens with zero attached hydrogens (tertiary/aromatic N) is 1. The van der Waals surface area contributed by atoms with E-state index in [4.69, 9.17) is 14.2 Å². The summed E-state index contributed by atoms with van der Waals surface area (Å²) in [5, 5.41) is 11.0. The van der Waals surface area contributed by atoms with Crippen molar-refractivity contribution in [1.29, 1.82) is 0 Å². The van der Waals surface area contributed by atoms with Crippen LogP contribution in [-0.2, 0) is 27.5 Å². The van der Waals surface area contributed by atoms with Crippen molar-refractivity contribution in [2.45, 2.75) is 13.2 Å². The van der Waals surface area contributed by atoms with E-state index in [0.29, 0.717) is 16.9 Å². The van der Waals surface area contributed by atoms with Crippen LogP contribution in [0, 0.1) is 21.7 Å². The Morgan fingerprint density at radius 3 is 2.74 bits per heavy atom. The molecule has 9 heteroatoms. The first kappa shape index (κ1) is 18.5. The minimum Gasteiger partial charge on any atom is -0.467 e. The van der Waals surface area contributed by atoms with Gasteiger partial charge in [-0.25, -0.2) is 13.6 Å². The number of ether oxygens (including phenoxy) is 3. The monoisotopic (exact) mass is 377 g/mol. The van der Waals surface area contributed by atoms with Gasteiger partial charge in [-0.3, -0.25) is 10.1 Å². The number of fused-ring (bicyclic) bond motifs is 1. The first-order valence-electron chi connectivity index (χ1n) is 7.75. The van der Waals surface area contributed by atoms with Gasteiger partial charge < -0.3 is 14.2 Å². The van der Waals surface area contributed by atoms with Crippen molar-refractivity contribution in [2.75, 3.05) is 6.79 Å². The molecule has 0 fully saturated rings. The number of carbonyl (C=O) groups is 1. The Morgan fingerprint density at radius 1 is 1.30 bits per heavy atom. The van der Waals surface area contributed by atoms with Crippen LogP contribution in [0.25, 0.3) is 6.08 Å². The third kappa shape index (κ3) is 4.26. The molecule has 0 unspecified atom stereocenters. The maximum atomic E-state index is 13.5. The van der Waals surface area contributed by atoms with E-state index < -0.39 is 22.5 Å². The summed E-state index contributed by atoms with van der Waals surface area (Å²) in [6.45, 7) is -0.213. The van der Waals surface area contributed by atoms with E-state index in [9.17, 15) is 23.7 Å². The van der Waals surface area contributed by atoms with E-state index in [-0.39, 0.29) is 31.3 Å². The highest BCUT2D eigenvalue weighted by atomic mass is 19.1. The lowest BCUT2D eigenvalue weighted by Gasteiger charge is -2.20. The molecule has 7 nitrogen and oxygen atoms in total. The molecule has 0 aliphatic carbocycles. The molecule has 2 aromatic carbocycles. The van der Waals surface area contributed by atoms with Gasteiger partial charge in [0.25, 0.3) is 5.69 Å². The molecule has 140 valence electrons. The number of halogens is 2. The second-order valence-electron chi connectivity index (χ2n) is 5.54. The van der Waals surface area contributed by atoms with Crippen molar-refractivity contribution in [1.82, 2.24) is 0 Å². The quantitative estimate of drug-likeness (QED) is 0.343. The molecule has 0 spiro atoms. The highest BCUT2D eigenvalue weighted by Gasteiger charge is 2.21. The van der Waals surface area contributed by atoms with E-state index in [1.165, 1.54) is 18.2 Å². The van der Waals surface area contributed by atoms with Crippen LogP contribution in [0.15, 0.2) is 36.4 Å². The standard InChI is InChI=1S/C18H13F2NO6/c19-15-2-1-3-16(20)14(15)4-5-17(22)26-9-12-7-13(21(23)24)6-11-8-25-10-27-18(11)12/h1-7H,8-10H2. The van der Waals surface area contributed by atoms with Crippen LogP contribution in [0.5, 0.6) is 5.75 Å². The Labute approximate surface area is 151 Å². The summed E-state index contributed by atoms with van der Waals surface area (Å²) in [5.74, 6) is -2.16. The molecule has 1 aliphatic heterocycles. The average Bonchev–Trinajstić information content (AvgIpc) is 2.65. The molecule has 0 saturated carbocycles. The van der Waals surface area contributed by atoms with Gasteiger partial charge in [-0.05, 0) is 18.2 Å². The topological polar surface area (TPSA) is 87.9 Å². The molecule has 0 radical (unpaired) electrons. The molecule has 0 aromatic heterocycles. The summed E-state index contributed by atoms with van der Waals surface area (Å²) in [5.41, 5.74) is 0.187. The lowest BCUT2D eigenvalue weighted by molar-refractivity contribution is -0.385. The smallest absolute Gasteiger partial charge is 0.331 e. The van der Waals surface area contributed by atoms with Gasteiger partial charge in [0.15, 0.2) is 6.79 Å². The lowest BCUT2D eigenvalue weighted by atomic mass is 10.1. The lowest BCUT2D eigenvalue weighted by Crippen LogP contribution is -2.14. The summed E-state index contributed by atoms with van der Waals surface area (Å²) in [7, 11) is 0. The number of nitro benzene ring substituents is 1. The molecule has 2 aromatic rings. The van der Waals surface area contributed by atoms with E-state index in [0.717, 1.165) is 24.3 Å². The fourth-order valence-electron chi connectivity index (χ4n) is 2.51. The highest BCUT2D eigenvalue weighted by molar-refractivity contribution is 5.87. The zero-order valence-corrected chi connectivity index (χ0v) is 13.8. The van der Waals surface area contributed by atoms with Crippen molar-refractivity contribution in [3.8, 4) is 5.75 Å². The van der Waals surface area contributed by atoms with E-state index in [1.807, 2.05) is 0 Å². The van der Waals surface area contributed by atoms with Crippen LogP contribution in [0.4, 0.5) is 14.5 Å². The van der Waals surface area contributed by atoms with Crippen LogP contribution in [0.1, 0.15) is 16.7 Å². The van der Waals surface area contributed by atoms with E-state index in [2.05, 4.69) is 0 Å². The zero-order valence-electron chi connectivity index (χ0n) is 13.8. The summed E-state index contributed by atoms with van der Waals surface area (Å²) in [6.07, 6.45) is 1.83. The first-order valence-corrected chi connectivity index (χ1v) is 7.75. The largest absolute Gasteiger partial charge is 0.467 e. The number of non-ortho nitro benzene ring substituents is 1. The molecule has 0 saturated heterocycles. The normalized spacial score (nSPS) is 13.1. The van der Waals surface area contributed by atoms with Crippen LogP contribution in [-0.4, -0.2) is 17.7 Å². The molecule has 0 amide bonds. The van der Waals surface area contributed by atoms with Crippen molar-refractivity contribution in [2.24, 2.45) is 0 Å². The van der Waals surface area contributed by atoms with Gasteiger partial charge in [-0.15, -0.1) is 0 Å².